The Morgan fingerprint density at radius 1 is 1.16 bits per heavy atom. The number of hydrogen-bond acceptors (Lipinski definition) is 4. The number of hydrogen-bond donors (Lipinski definition) is 0. The Hall–Kier alpha value is -0.545. The zero-order valence-corrected chi connectivity index (χ0v) is 12.9. The van der Waals surface area contributed by atoms with Crippen molar-refractivity contribution in [2.45, 2.75) is 65.0 Å². The Kier molecular flexibility index (Phi) is 3.51. The van der Waals surface area contributed by atoms with Crippen LogP contribution in [0.25, 0.3) is 0 Å². The summed E-state index contributed by atoms with van der Waals surface area (Å²) in [5, 5.41) is 0. The van der Waals surface area contributed by atoms with Crippen molar-refractivity contribution in [2.75, 3.05) is 7.11 Å². The highest BCUT2D eigenvalue weighted by atomic mass is 16.7. The first-order chi connectivity index (χ1) is 8.59. The van der Waals surface area contributed by atoms with Gasteiger partial charge in [0.25, 0.3) is 0 Å². The van der Waals surface area contributed by atoms with Crippen molar-refractivity contribution in [3.63, 3.8) is 0 Å². The summed E-state index contributed by atoms with van der Waals surface area (Å²) in [6.45, 7) is 10.4. The van der Waals surface area contributed by atoms with Crippen LogP contribution in [0, 0.1) is 11.3 Å². The van der Waals surface area contributed by atoms with Gasteiger partial charge in [0.1, 0.15) is 0 Å². The second-order valence-electron chi connectivity index (χ2n) is 7.33. The van der Waals surface area contributed by atoms with Gasteiger partial charge < -0.3 is 14.0 Å². The molecule has 5 heteroatoms. The van der Waals surface area contributed by atoms with Crippen LogP contribution in [0.3, 0.4) is 0 Å². The molecular weight excluding hydrogens is 243 g/mol. The fourth-order valence-corrected chi connectivity index (χ4v) is 3.08. The van der Waals surface area contributed by atoms with Gasteiger partial charge in [-0.15, -0.1) is 0 Å². The molecule has 0 radical (unpaired) electrons. The quantitative estimate of drug-likeness (QED) is 0.583. The maximum absolute atomic E-state index is 11.4. The van der Waals surface area contributed by atoms with Crippen molar-refractivity contribution < 1.29 is 18.8 Å². The summed E-state index contributed by atoms with van der Waals surface area (Å²) >= 11 is 0. The topological polar surface area (TPSA) is 44.8 Å². The van der Waals surface area contributed by atoms with E-state index in [1.165, 1.54) is 7.11 Å². The van der Waals surface area contributed by atoms with Crippen molar-refractivity contribution in [1.29, 1.82) is 0 Å². The molecule has 2 aliphatic rings. The minimum absolute atomic E-state index is 0.0532. The summed E-state index contributed by atoms with van der Waals surface area (Å²) in [6, 6.07) is 0. The molecule has 0 spiro atoms. The highest BCUT2D eigenvalue weighted by Gasteiger charge is 2.55. The van der Waals surface area contributed by atoms with Crippen LogP contribution in [-0.2, 0) is 18.8 Å². The Morgan fingerprint density at radius 2 is 1.63 bits per heavy atom. The molecule has 0 aromatic rings. The van der Waals surface area contributed by atoms with E-state index in [9.17, 15) is 4.79 Å². The number of methoxy groups -OCH3 is 1. The van der Waals surface area contributed by atoms with Crippen LogP contribution in [0.15, 0.2) is 0 Å². The lowest BCUT2D eigenvalue weighted by Crippen LogP contribution is -2.42. The van der Waals surface area contributed by atoms with E-state index in [0.717, 1.165) is 19.2 Å². The number of carbonyl (C=O) groups is 1. The van der Waals surface area contributed by atoms with E-state index in [2.05, 4.69) is 34.6 Å². The summed E-state index contributed by atoms with van der Waals surface area (Å²) in [6.07, 6.45) is 2.57. The van der Waals surface area contributed by atoms with Gasteiger partial charge in [-0.05, 0) is 52.3 Å². The number of rotatable bonds is 3. The van der Waals surface area contributed by atoms with Gasteiger partial charge in [-0.2, -0.15) is 0 Å². The lowest BCUT2D eigenvalue weighted by Gasteiger charge is -2.44. The molecule has 1 aliphatic heterocycles. The summed E-state index contributed by atoms with van der Waals surface area (Å²) in [4.78, 5) is 11.4. The minimum Gasteiger partial charge on any atom is -0.469 e. The summed E-state index contributed by atoms with van der Waals surface area (Å²) in [5.41, 5.74) is -0.431. The third-order valence-electron chi connectivity index (χ3n) is 4.97. The van der Waals surface area contributed by atoms with Crippen LogP contribution in [0.1, 0.15) is 47.5 Å². The van der Waals surface area contributed by atoms with E-state index < -0.39 is 0 Å². The van der Waals surface area contributed by atoms with Crippen molar-refractivity contribution in [1.82, 2.24) is 0 Å². The lowest BCUT2D eigenvalue weighted by atomic mass is 9.54. The fraction of sp³-hybridized carbons (Fsp3) is 0.929. The highest BCUT2D eigenvalue weighted by molar-refractivity contribution is 6.45. The maximum atomic E-state index is 11.4. The molecule has 0 N–H and O–H groups in total. The third kappa shape index (κ3) is 2.68. The Balaban J connectivity index is 1.89. The largest absolute Gasteiger partial charge is 0.469 e. The van der Waals surface area contributed by atoms with Crippen LogP contribution in [-0.4, -0.2) is 31.4 Å². The number of esters is 1. The Bertz CT molecular complexity index is 356. The second kappa shape index (κ2) is 4.49. The molecule has 2 fully saturated rings. The molecular formula is C14H25BO4. The van der Waals surface area contributed by atoms with Gasteiger partial charge in [0.15, 0.2) is 0 Å². The molecule has 1 saturated heterocycles. The average molecular weight is 268 g/mol. The Morgan fingerprint density at radius 3 is 2.05 bits per heavy atom. The van der Waals surface area contributed by atoms with Gasteiger partial charge >= 0.3 is 13.1 Å². The fourth-order valence-electron chi connectivity index (χ4n) is 3.08. The summed E-state index contributed by atoms with van der Waals surface area (Å²) < 4.78 is 16.8. The van der Waals surface area contributed by atoms with Crippen LogP contribution in [0.5, 0.6) is 0 Å². The molecule has 0 bridgehead atoms. The average Bonchev–Trinajstić information content (AvgIpc) is 2.42. The maximum Gasteiger partial charge on any atom is 0.458 e. The second-order valence-corrected chi connectivity index (χ2v) is 7.33. The molecule has 2 rings (SSSR count). The molecule has 0 aromatic carbocycles. The van der Waals surface area contributed by atoms with E-state index in [1.807, 2.05) is 0 Å². The zero-order chi connectivity index (χ0) is 14.5. The van der Waals surface area contributed by atoms with Crippen molar-refractivity contribution in [3.8, 4) is 0 Å². The van der Waals surface area contributed by atoms with Crippen LogP contribution >= 0.6 is 0 Å². The lowest BCUT2D eigenvalue weighted by molar-refractivity contribution is -0.152. The standard InChI is InChI=1S/C14H25BO4/c1-12(2)13(3,4)19-15(18-12)9-14(5)7-10(8-14)11(16)17-6/h10H,7-9H2,1-6H3. The molecule has 0 unspecified atom stereocenters. The monoisotopic (exact) mass is 268 g/mol. The van der Waals surface area contributed by atoms with Crippen molar-refractivity contribution >= 4 is 13.1 Å². The van der Waals surface area contributed by atoms with Crippen molar-refractivity contribution in [3.05, 3.63) is 0 Å². The van der Waals surface area contributed by atoms with Gasteiger partial charge in [0.05, 0.1) is 24.2 Å². The van der Waals surface area contributed by atoms with E-state index in [-0.39, 0.29) is 35.6 Å². The Labute approximate surface area is 116 Å². The minimum atomic E-state index is -0.278. The van der Waals surface area contributed by atoms with Gasteiger partial charge in [0, 0.05) is 0 Å². The molecule has 4 nitrogen and oxygen atoms in total. The predicted octanol–water partition coefficient (Wildman–Crippen LogP) is 2.67. The molecule has 19 heavy (non-hydrogen) atoms. The molecule has 1 saturated carbocycles. The van der Waals surface area contributed by atoms with E-state index in [1.54, 1.807) is 0 Å². The third-order valence-corrected chi connectivity index (χ3v) is 4.97. The smallest absolute Gasteiger partial charge is 0.458 e. The molecule has 0 amide bonds. The molecule has 108 valence electrons. The number of carbonyl (C=O) groups excluding carboxylic acids is 1. The van der Waals surface area contributed by atoms with E-state index in [0.29, 0.717) is 0 Å². The first kappa shape index (κ1) is 14.9. The zero-order valence-electron chi connectivity index (χ0n) is 12.9. The van der Waals surface area contributed by atoms with Crippen LogP contribution < -0.4 is 0 Å². The van der Waals surface area contributed by atoms with E-state index >= 15 is 0 Å². The van der Waals surface area contributed by atoms with Gasteiger partial charge in [-0.1, -0.05) is 6.92 Å². The summed E-state index contributed by atoms with van der Waals surface area (Å²) in [5.74, 6) is -0.0381. The van der Waals surface area contributed by atoms with Gasteiger partial charge in [0.2, 0.25) is 0 Å². The molecule has 0 aromatic heterocycles. The summed E-state index contributed by atoms with van der Waals surface area (Å²) in [7, 11) is 1.28. The molecule has 1 aliphatic carbocycles. The highest BCUT2D eigenvalue weighted by Crippen LogP contribution is 2.51. The van der Waals surface area contributed by atoms with Gasteiger partial charge in [-0.3, -0.25) is 4.79 Å². The van der Waals surface area contributed by atoms with Gasteiger partial charge in [-0.25, -0.2) is 0 Å². The SMILES string of the molecule is COC(=O)C1CC(C)(CB2OC(C)(C)C(C)(C)O2)C1. The predicted molar refractivity (Wildman–Crippen MR) is 73.7 cm³/mol. The van der Waals surface area contributed by atoms with Crippen LogP contribution in [0.4, 0.5) is 0 Å². The van der Waals surface area contributed by atoms with Crippen LogP contribution in [0.2, 0.25) is 6.32 Å². The number of ether oxygens (including phenoxy) is 1. The van der Waals surface area contributed by atoms with E-state index in [4.69, 9.17) is 14.0 Å². The van der Waals surface area contributed by atoms with Crippen molar-refractivity contribution in [2.24, 2.45) is 11.3 Å². The first-order valence-corrected chi connectivity index (χ1v) is 7.02. The molecule has 1 heterocycles. The first-order valence-electron chi connectivity index (χ1n) is 7.02. The normalized spacial score (nSPS) is 35.9. The molecule has 0 atom stereocenters.